The van der Waals surface area contributed by atoms with Crippen molar-refractivity contribution in [2.75, 3.05) is 32.6 Å². The molecule has 1 aromatic carbocycles. The molecule has 0 aromatic heterocycles. The van der Waals surface area contributed by atoms with E-state index in [4.69, 9.17) is 15.2 Å². The Hall–Kier alpha value is -1.95. The molecule has 1 saturated heterocycles. The Bertz CT molecular complexity index is 540. The zero-order valence-electron chi connectivity index (χ0n) is 15.0. The minimum Gasteiger partial charge on any atom is -0.497 e. The maximum Gasteiger partial charge on any atom is 0.239 e. The summed E-state index contributed by atoms with van der Waals surface area (Å²) in [5.41, 5.74) is 6.95. The van der Waals surface area contributed by atoms with Gasteiger partial charge in [-0.15, -0.1) is 0 Å². The Morgan fingerprint density at radius 1 is 1.25 bits per heavy atom. The third kappa shape index (κ3) is 4.54. The van der Waals surface area contributed by atoms with Gasteiger partial charge in [-0.3, -0.25) is 4.79 Å². The maximum absolute atomic E-state index is 12.5. The molecule has 2 atom stereocenters. The molecule has 0 saturated carbocycles. The van der Waals surface area contributed by atoms with Crippen LogP contribution in [-0.4, -0.2) is 50.2 Å². The van der Waals surface area contributed by atoms with Gasteiger partial charge in [0.2, 0.25) is 5.91 Å². The van der Waals surface area contributed by atoms with E-state index in [-0.39, 0.29) is 17.9 Å². The normalized spacial score (nSPS) is 19.1. The van der Waals surface area contributed by atoms with E-state index in [2.05, 4.69) is 5.32 Å². The number of anilines is 1. The average molecular weight is 335 g/mol. The van der Waals surface area contributed by atoms with Gasteiger partial charge in [0.15, 0.2) is 0 Å². The van der Waals surface area contributed by atoms with E-state index >= 15 is 0 Å². The van der Waals surface area contributed by atoms with E-state index in [1.54, 1.807) is 14.2 Å². The highest BCUT2D eigenvalue weighted by molar-refractivity contribution is 5.82. The van der Waals surface area contributed by atoms with Crippen LogP contribution >= 0.6 is 0 Å². The Kier molecular flexibility index (Phi) is 6.31. The van der Waals surface area contributed by atoms with E-state index in [0.717, 1.165) is 36.6 Å². The Labute approximate surface area is 144 Å². The van der Waals surface area contributed by atoms with Crippen LogP contribution in [0.5, 0.6) is 11.5 Å². The van der Waals surface area contributed by atoms with Crippen LogP contribution in [0.15, 0.2) is 18.2 Å². The highest BCUT2D eigenvalue weighted by Crippen LogP contribution is 2.27. The molecule has 1 heterocycles. The monoisotopic (exact) mass is 335 g/mol. The molecular formula is C18H29N3O3. The second kappa shape index (κ2) is 8.24. The largest absolute Gasteiger partial charge is 0.497 e. The molecule has 1 unspecified atom stereocenters. The maximum atomic E-state index is 12.5. The van der Waals surface area contributed by atoms with Crippen LogP contribution in [0, 0.1) is 5.92 Å². The standard InChI is InChI=1S/C18H29N3O3/c1-12(2)17(19)18(22)21-7-5-6-13(11-21)20-14-8-15(23-3)10-16(9-14)24-4/h8-10,12-13,17,20H,5-7,11,19H2,1-4H3/t13?,17-/m0/s1. The Morgan fingerprint density at radius 3 is 2.42 bits per heavy atom. The average Bonchev–Trinajstić information content (AvgIpc) is 2.60. The summed E-state index contributed by atoms with van der Waals surface area (Å²) in [4.78, 5) is 14.3. The van der Waals surface area contributed by atoms with E-state index in [9.17, 15) is 4.79 Å². The number of amides is 1. The number of carbonyl (C=O) groups is 1. The van der Waals surface area contributed by atoms with E-state index in [1.165, 1.54) is 0 Å². The zero-order chi connectivity index (χ0) is 17.7. The number of piperidine rings is 1. The van der Waals surface area contributed by atoms with Crippen molar-refractivity contribution in [3.63, 3.8) is 0 Å². The summed E-state index contributed by atoms with van der Waals surface area (Å²) in [5.74, 6) is 1.66. The SMILES string of the molecule is COc1cc(NC2CCCN(C(=O)[C@@H](N)C(C)C)C2)cc(OC)c1. The van der Waals surface area contributed by atoms with Gasteiger partial charge in [0.1, 0.15) is 11.5 Å². The number of nitrogens with two attached hydrogens (primary N) is 1. The van der Waals surface area contributed by atoms with Crippen molar-refractivity contribution in [2.24, 2.45) is 11.7 Å². The summed E-state index contributed by atoms with van der Waals surface area (Å²) in [6.45, 7) is 5.40. The number of hydrogen-bond acceptors (Lipinski definition) is 5. The Balaban J connectivity index is 2.04. The quantitative estimate of drug-likeness (QED) is 0.832. The number of methoxy groups -OCH3 is 2. The second-order valence-corrected chi connectivity index (χ2v) is 6.64. The number of hydrogen-bond donors (Lipinski definition) is 2. The second-order valence-electron chi connectivity index (χ2n) is 6.64. The molecule has 1 aliphatic rings. The van der Waals surface area contributed by atoms with Gasteiger partial charge in [0.25, 0.3) is 0 Å². The molecule has 0 spiro atoms. The first-order valence-corrected chi connectivity index (χ1v) is 8.48. The van der Waals surface area contributed by atoms with Crippen LogP contribution in [0.3, 0.4) is 0 Å². The fourth-order valence-corrected chi connectivity index (χ4v) is 2.92. The van der Waals surface area contributed by atoms with E-state index in [0.29, 0.717) is 6.54 Å². The van der Waals surface area contributed by atoms with E-state index < -0.39 is 6.04 Å². The van der Waals surface area contributed by atoms with Crippen LogP contribution in [0.25, 0.3) is 0 Å². The number of likely N-dealkylation sites (tertiary alicyclic amines) is 1. The first-order chi connectivity index (χ1) is 11.4. The van der Waals surface area contributed by atoms with Crippen molar-refractivity contribution >= 4 is 11.6 Å². The molecule has 24 heavy (non-hydrogen) atoms. The lowest BCUT2D eigenvalue weighted by molar-refractivity contribution is -0.134. The summed E-state index contributed by atoms with van der Waals surface area (Å²) < 4.78 is 10.6. The molecule has 1 amide bonds. The van der Waals surface area contributed by atoms with Crippen molar-refractivity contribution in [3.05, 3.63) is 18.2 Å². The summed E-state index contributed by atoms with van der Waals surface area (Å²) in [6.07, 6.45) is 1.98. The number of nitrogens with one attached hydrogen (secondary N) is 1. The predicted octanol–water partition coefficient (Wildman–Crippen LogP) is 2.09. The molecule has 3 N–H and O–H groups in total. The fourth-order valence-electron chi connectivity index (χ4n) is 2.92. The molecule has 1 aromatic rings. The van der Waals surface area contributed by atoms with Crippen molar-refractivity contribution in [3.8, 4) is 11.5 Å². The van der Waals surface area contributed by atoms with Gasteiger partial charge in [0, 0.05) is 43.0 Å². The molecule has 6 heteroatoms. The molecule has 1 aliphatic heterocycles. The van der Waals surface area contributed by atoms with Gasteiger partial charge in [-0.2, -0.15) is 0 Å². The van der Waals surface area contributed by atoms with Crippen molar-refractivity contribution in [1.82, 2.24) is 4.90 Å². The van der Waals surface area contributed by atoms with Gasteiger partial charge in [0.05, 0.1) is 20.3 Å². The van der Waals surface area contributed by atoms with Gasteiger partial charge < -0.3 is 25.4 Å². The van der Waals surface area contributed by atoms with E-state index in [1.807, 2.05) is 36.9 Å². The van der Waals surface area contributed by atoms with Gasteiger partial charge in [-0.05, 0) is 18.8 Å². The fraction of sp³-hybridized carbons (Fsp3) is 0.611. The smallest absolute Gasteiger partial charge is 0.239 e. The zero-order valence-corrected chi connectivity index (χ0v) is 15.0. The lowest BCUT2D eigenvalue weighted by atomic mass is 10.0. The van der Waals surface area contributed by atoms with Crippen LogP contribution < -0.4 is 20.5 Å². The summed E-state index contributed by atoms with van der Waals surface area (Å²) in [6, 6.07) is 5.47. The summed E-state index contributed by atoms with van der Waals surface area (Å²) in [7, 11) is 3.26. The number of carbonyl (C=O) groups excluding carboxylic acids is 1. The topological polar surface area (TPSA) is 76.8 Å². The van der Waals surface area contributed by atoms with Crippen LogP contribution in [0.2, 0.25) is 0 Å². The number of benzene rings is 1. The molecule has 0 aliphatic carbocycles. The molecule has 2 rings (SSSR count). The minimum absolute atomic E-state index is 0.0414. The first kappa shape index (κ1) is 18.4. The predicted molar refractivity (Wildman–Crippen MR) is 95.6 cm³/mol. The van der Waals surface area contributed by atoms with Gasteiger partial charge in [-0.25, -0.2) is 0 Å². The highest BCUT2D eigenvalue weighted by atomic mass is 16.5. The molecule has 1 fully saturated rings. The molecule has 6 nitrogen and oxygen atoms in total. The van der Waals surface area contributed by atoms with Crippen molar-refractivity contribution in [1.29, 1.82) is 0 Å². The van der Waals surface area contributed by atoms with Crippen molar-refractivity contribution in [2.45, 2.75) is 38.8 Å². The molecule has 0 bridgehead atoms. The highest BCUT2D eigenvalue weighted by Gasteiger charge is 2.28. The molecule has 0 radical (unpaired) electrons. The van der Waals surface area contributed by atoms with Gasteiger partial charge >= 0.3 is 0 Å². The first-order valence-electron chi connectivity index (χ1n) is 8.48. The molecular weight excluding hydrogens is 306 g/mol. The van der Waals surface area contributed by atoms with Crippen LogP contribution in [-0.2, 0) is 4.79 Å². The van der Waals surface area contributed by atoms with Crippen LogP contribution in [0.1, 0.15) is 26.7 Å². The lowest BCUT2D eigenvalue weighted by Crippen LogP contribution is -2.52. The third-order valence-electron chi connectivity index (χ3n) is 4.46. The molecule has 134 valence electrons. The summed E-state index contributed by atoms with van der Waals surface area (Å²) >= 11 is 0. The van der Waals surface area contributed by atoms with Crippen LogP contribution in [0.4, 0.5) is 5.69 Å². The number of rotatable bonds is 6. The number of ether oxygens (including phenoxy) is 2. The third-order valence-corrected chi connectivity index (χ3v) is 4.46. The Morgan fingerprint density at radius 2 is 1.88 bits per heavy atom. The van der Waals surface area contributed by atoms with Gasteiger partial charge in [-0.1, -0.05) is 13.8 Å². The number of nitrogens with zero attached hydrogens (tertiary/aromatic N) is 1. The summed E-state index contributed by atoms with van der Waals surface area (Å²) in [5, 5.41) is 3.49. The lowest BCUT2D eigenvalue weighted by Gasteiger charge is -2.35. The minimum atomic E-state index is -0.430. The van der Waals surface area contributed by atoms with Crippen molar-refractivity contribution < 1.29 is 14.3 Å².